The summed E-state index contributed by atoms with van der Waals surface area (Å²) in [4.78, 5) is 23.2. The lowest BCUT2D eigenvalue weighted by Gasteiger charge is -2.19. The van der Waals surface area contributed by atoms with Crippen LogP contribution in [0.5, 0.6) is 0 Å². The first-order chi connectivity index (χ1) is 9.10. The molecule has 0 fully saturated rings. The first-order valence-corrected chi connectivity index (χ1v) is 6.68. The van der Waals surface area contributed by atoms with E-state index in [1.165, 1.54) is 0 Å². The van der Waals surface area contributed by atoms with E-state index < -0.39 is 12.0 Å². The second-order valence-electron chi connectivity index (χ2n) is 4.56. The SMILES string of the molecule is CCCC(NC(=O)C(CC)c1ccccc1)C(=O)O. The van der Waals surface area contributed by atoms with Crippen molar-refractivity contribution in [1.29, 1.82) is 0 Å². The molecule has 0 bridgehead atoms. The average molecular weight is 263 g/mol. The Hall–Kier alpha value is -1.84. The van der Waals surface area contributed by atoms with Crippen LogP contribution in [0.3, 0.4) is 0 Å². The maximum Gasteiger partial charge on any atom is 0.326 e. The number of hydrogen-bond acceptors (Lipinski definition) is 2. The molecule has 0 aliphatic rings. The molecule has 4 nitrogen and oxygen atoms in total. The highest BCUT2D eigenvalue weighted by Gasteiger charge is 2.24. The zero-order chi connectivity index (χ0) is 14.3. The highest BCUT2D eigenvalue weighted by atomic mass is 16.4. The van der Waals surface area contributed by atoms with E-state index in [0.717, 1.165) is 12.0 Å². The van der Waals surface area contributed by atoms with E-state index in [1.807, 2.05) is 44.2 Å². The maximum atomic E-state index is 12.2. The number of nitrogens with one attached hydrogen (secondary N) is 1. The van der Waals surface area contributed by atoms with Crippen molar-refractivity contribution in [3.63, 3.8) is 0 Å². The molecule has 1 rings (SSSR count). The van der Waals surface area contributed by atoms with Crippen molar-refractivity contribution < 1.29 is 14.7 Å². The predicted molar refractivity (Wildman–Crippen MR) is 73.9 cm³/mol. The highest BCUT2D eigenvalue weighted by Crippen LogP contribution is 2.19. The lowest BCUT2D eigenvalue weighted by molar-refractivity contribution is -0.142. The van der Waals surface area contributed by atoms with Gasteiger partial charge in [-0.1, -0.05) is 50.6 Å². The van der Waals surface area contributed by atoms with E-state index in [0.29, 0.717) is 12.8 Å². The van der Waals surface area contributed by atoms with Crippen LogP contribution in [-0.2, 0) is 9.59 Å². The molecular formula is C15H21NO3. The van der Waals surface area contributed by atoms with Crippen molar-refractivity contribution in [2.24, 2.45) is 0 Å². The summed E-state index contributed by atoms with van der Waals surface area (Å²) in [7, 11) is 0. The van der Waals surface area contributed by atoms with Crippen LogP contribution in [0.15, 0.2) is 30.3 Å². The largest absolute Gasteiger partial charge is 0.480 e. The van der Waals surface area contributed by atoms with Gasteiger partial charge in [-0.05, 0) is 18.4 Å². The zero-order valence-corrected chi connectivity index (χ0v) is 11.4. The summed E-state index contributed by atoms with van der Waals surface area (Å²) in [6.45, 7) is 3.82. The number of rotatable bonds is 7. The van der Waals surface area contributed by atoms with Crippen molar-refractivity contribution in [1.82, 2.24) is 5.32 Å². The summed E-state index contributed by atoms with van der Waals surface area (Å²) in [6, 6.07) is 8.64. The first kappa shape index (κ1) is 15.2. The van der Waals surface area contributed by atoms with Crippen LogP contribution in [-0.4, -0.2) is 23.0 Å². The highest BCUT2D eigenvalue weighted by molar-refractivity contribution is 5.88. The lowest BCUT2D eigenvalue weighted by Crippen LogP contribution is -2.42. The van der Waals surface area contributed by atoms with E-state index in [9.17, 15) is 9.59 Å². The van der Waals surface area contributed by atoms with Gasteiger partial charge in [-0.15, -0.1) is 0 Å². The van der Waals surface area contributed by atoms with Crippen LogP contribution in [0.25, 0.3) is 0 Å². The number of carboxylic acids is 1. The van der Waals surface area contributed by atoms with Gasteiger partial charge in [0.2, 0.25) is 5.91 Å². The molecule has 0 aliphatic carbocycles. The molecule has 104 valence electrons. The van der Waals surface area contributed by atoms with Crippen LogP contribution in [0.4, 0.5) is 0 Å². The molecule has 0 aliphatic heterocycles. The first-order valence-electron chi connectivity index (χ1n) is 6.68. The topological polar surface area (TPSA) is 66.4 Å². The normalized spacial score (nSPS) is 13.6. The Bertz CT molecular complexity index is 417. The summed E-state index contributed by atoms with van der Waals surface area (Å²) in [6.07, 6.45) is 1.82. The smallest absolute Gasteiger partial charge is 0.326 e. The van der Waals surface area contributed by atoms with E-state index in [-0.39, 0.29) is 11.8 Å². The molecule has 4 heteroatoms. The molecule has 0 heterocycles. The Morgan fingerprint density at radius 2 is 1.84 bits per heavy atom. The fourth-order valence-corrected chi connectivity index (χ4v) is 2.08. The fraction of sp³-hybridized carbons (Fsp3) is 0.467. The van der Waals surface area contributed by atoms with E-state index in [1.54, 1.807) is 0 Å². The molecule has 2 atom stereocenters. The number of carbonyl (C=O) groups excluding carboxylic acids is 1. The Morgan fingerprint density at radius 3 is 2.32 bits per heavy atom. The second-order valence-corrected chi connectivity index (χ2v) is 4.56. The summed E-state index contributed by atoms with van der Waals surface area (Å²) in [5.41, 5.74) is 0.920. The molecule has 1 aromatic carbocycles. The van der Waals surface area contributed by atoms with Crippen LogP contribution < -0.4 is 5.32 Å². The summed E-state index contributed by atoms with van der Waals surface area (Å²) in [5, 5.41) is 11.7. The third kappa shape index (κ3) is 4.39. The molecular weight excluding hydrogens is 242 g/mol. The molecule has 1 aromatic rings. The van der Waals surface area contributed by atoms with Gasteiger partial charge in [0.1, 0.15) is 6.04 Å². The lowest BCUT2D eigenvalue weighted by atomic mass is 9.95. The van der Waals surface area contributed by atoms with Crippen molar-refractivity contribution in [3.8, 4) is 0 Å². The quantitative estimate of drug-likeness (QED) is 0.794. The molecule has 1 amide bonds. The molecule has 0 spiro atoms. The number of carboxylic acid groups (broad SMARTS) is 1. The maximum absolute atomic E-state index is 12.2. The van der Waals surface area contributed by atoms with Crippen molar-refractivity contribution >= 4 is 11.9 Å². The average Bonchev–Trinajstić information content (AvgIpc) is 2.40. The minimum absolute atomic E-state index is 0.213. The van der Waals surface area contributed by atoms with Crippen molar-refractivity contribution in [3.05, 3.63) is 35.9 Å². The van der Waals surface area contributed by atoms with Crippen molar-refractivity contribution in [2.75, 3.05) is 0 Å². The number of amides is 1. The third-order valence-electron chi connectivity index (χ3n) is 3.12. The molecule has 2 unspecified atom stereocenters. The van der Waals surface area contributed by atoms with Gasteiger partial charge in [0.25, 0.3) is 0 Å². The van der Waals surface area contributed by atoms with Crippen LogP contribution >= 0.6 is 0 Å². The van der Waals surface area contributed by atoms with Crippen molar-refractivity contribution in [2.45, 2.75) is 45.1 Å². The van der Waals surface area contributed by atoms with Crippen LogP contribution in [0.1, 0.15) is 44.6 Å². The Balaban J connectivity index is 2.76. The molecule has 0 saturated carbocycles. The molecule has 0 saturated heterocycles. The number of carbonyl (C=O) groups is 2. The molecule has 2 N–H and O–H groups in total. The number of aliphatic carboxylic acids is 1. The third-order valence-corrected chi connectivity index (χ3v) is 3.12. The number of hydrogen-bond donors (Lipinski definition) is 2. The fourth-order valence-electron chi connectivity index (χ4n) is 2.08. The van der Waals surface area contributed by atoms with Crippen LogP contribution in [0, 0.1) is 0 Å². The van der Waals surface area contributed by atoms with Gasteiger partial charge in [0, 0.05) is 0 Å². The van der Waals surface area contributed by atoms with Gasteiger partial charge in [0.05, 0.1) is 5.92 Å². The van der Waals surface area contributed by atoms with Gasteiger partial charge < -0.3 is 10.4 Å². The van der Waals surface area contributed by atoms with E-state index >= 15 is 0 Å². The zero-order valence-electron chi connectivity index (χ0n) is 11.4. The summed E-state index contributed by atoms with van der Waals surface area (Å²) < 4.78 is 0. The molecule has 0 aromatic heterocycles. The minimum Gasteiger partial charge on any atom is -0.480 e. The Morgan fingerprint density at radius 1 is 1.21 bits per heavy atom. The van der Waals surface area contributed by atoms with E-state index in [2.05, 4.69) is 5.32 Å². The molecule has 19 heavy (non-hydrogen) atoms. The minimum atomic E-state index is -0.974. The summed E-state index contributed by atoms with van der Waals surface area (Å²) >= 11 is 0. The predicted octanol–water partition coefficient (Wildman–Crippen LogP) is 2.55. The summed E-state index contributed by atoms with van der Waals surface area (Å²) in [5.74, 6) is -1.48. The van der Waals surface area contributed by atoms with Gasteiger partial charge in [-0.2, -0.15) is 0 Å². The van der Waals surface area contributed by atoms with Crippen LogP contribution in [0.2, 0.25) is 0 Å². The van der Waals surface area contributed by atoms with Gasteiger partial charge in [-0.3, -0.25) is 4.79 Å². The second kappa shape index (κ2) is 7.56. The monoisotopic (exact) mass is 263 g/mol. The Labute approximate surface area is 113 Å². The van der Waals surface area contributed by atoms with Gasteiger partial charge in [-0.25, -0.2) is 4.79 Å². The number of benzene rings is 1. The standard InChI is InChI=1S/C15H21NO3/c1-3-8-13(15(18)19)16-14(17)12(4-2)11-9-6-5-7-10-11/h5-7,9-10,12-13H,3-4,8H2,1-2H3,(H,16,17)(H,18,19). The van der Waals surface area contributed by atoms with E-state index in [4.69, 9.17) is 5.11 Å². The van der Waals surface area contributed by atoms with Gasteiger partial charge >= 0.3 is 5.97 Å². The molecule has 0 radical (unpaired) electrons. The Kier molecular flexibility index (Phi) is 6.06. The van der Waals surface area contributed by atoms with Gasteiger partial charge in [0.15, 0.2) is 0 Å².